The Bertz CT molecular complexity index is 1050. The molecule has 1 N–H and O–H groups in total. The van der Waals surface area contributed by atoms with Crippen molar-refractivity contribution in [3.8, 4) is 5.75 Å². The number of hydrogen-bond acceptors (Lipinski definition) is 4. The van der Waals surface area contributed by atoms with Gasteiger partial charge in [0.1, 0.15) is 11.4 Å². The first-order valence-corrected chi connectivity index (χ1v) is 11.5. The van der Waals surface area contributed by atoms with Crippen molar-refractivity contribution in [3.05, 3.63) is 71.3 Å². The van der Waals surface area contributed by atoms with E-state index in [0.29, 0.717) is 12.3 Å². The van der Waals surface area contributed by atoms with Gasteiger partial charge in [-0.05, 0) is 62.4 Å². The molecule has 2 aromatic rings. The molecule has 0 bridgehead atoms. The standard InChI is InChI=1S/C27H32N2O4/c1-26(2,3)33-25(31)28-18-20-7-6-9-22(17-20)32-19-24(30)29-15-13-27(14-16-29)12-11-21-8-4-5-10-23(21)27/h4-12,17H,13-16,18-19H2,1-3H3,(H,28,31). The quantitative estimate of drug-likeness (QED) is 0.721. The Morgan fingerprint density at radius 1 is 1.06 bits per heavy atom. The summed E-state index contributed by atoms with van der Waals surface area (Å²) >= 11 is 0. The van der Waals surface area contributed by atoms with Crippen LogP contribution in [0, 0.1) is 0 Å². The molecule has 2 amide bonds. The Labute approximate surface area is 195 Å². The minimum Gasteiger partial charge on any atom is -0.484 e. The first-order chi connectivity index (χ1) is 15.7. The fourth-order valence-corrected chi connectivity index (χ4v) is 4.50. The Morgan fingerprint density at radius 3 is 2.58 bits per heavy atom. The van der Waals surface area contributed by atoms with Crippen molar-refractivity contribution in [1.29, 1.82) is 0 Å². The number of piperidine rings is 1. The van der Waals surface area contributed by atoms with Crippen molar-refractivity contribution in [1.82, 2.24) is 10.2 Å². The number of likely N-dealkylation sites (tertiary alicyclic amines) is 1. The Kier molecular flexibility index (Phi) is 6.45. The van der Waals surface area contributed by atoms with E-state index in [1.54, 1.807) is 0 Å². The van der Waals surface area contributed by atoms with E-state index in [2.05, 4.69) is 41.7 Å². The third-order valence-corrected chi connectivity index (χ3v) is 6.18. The van der Waals surface area contributed by atoms with Gasteiger partial charge >= 0.3 is 6.09 Å². The van der Waals surface area contributed by atoms with Gasteiger partial charge in [0.2, 0.25) is 0 Å². The average Bonchev–Trinajstić information content (AvgIpc) is 3.14. The zero-order chi connectivity index (χ0) is 23.5. The molecule has 6 nitrogen and oxygen atoms in total. The number of amides is 2. The minimum absolute atomic E-state index is 0.00236. The van der Waals surface area contributed by atoms with Crippen molar-refractivity contribution in [2.24, 2.45) is 0 Å². The van der Waals surface area contributed by atoms with Crippen LogP contribution in [0.15, 0.2) is 54.6 Å². The number of fused-ring (bicyclic) bond motifs is 2. The fraction of sp³-hybridized carbons (Fsp3) is 0.407. The number of carbonyl (C=O) groups excluding carboxylic acids is 2. The van der Waals surface area contributed by atoms with Gasteiger partial charge in [-0.25, -0.2) is 4.79 Å². The number of nitrogens with zero attached hydrogens (tertiary/aromatic N) is 1. The number of benzene rings is 2. The van der Waals surface area contributed by atoms with E-state index in [1.807, 2.05) is 49.9 Å². The summed E-state index contributed by atoms with van der Waals surface area (Å²) in [6.45, 7) is 7.24. The first-order valence-electron chi connectivity index (χ1n) is 11.5. The number of hydrogen-bond donors (Lipinski definition) is 1. The van der Waals surface area contributed by atoms with E-state index < -0.39 is 11.7 Å². The molecule has 1 aliphatic carbocycles. The van der Waals surface area contributed by atoms with Gasteiger partial charge in [-0.3, -0.25) is 4.79 Å². The Morgan fingerprint density at radius 2 is 1.82 bits per heavy atom. The van der Waals surface area contributed by atoms with Crippen LogP contribution in [0.25, 0.3) is 6.08 Å². The molecule has 0 unspecified atom stereocenters. The predicted octanol–water partition coefficient (Wildman–Crippen LogP) is 4.68. The highest BCUT2D eigenvalue weighted by Gasteiger charge is 2.38. The van der Waals surface area contributed by atoms with Crippen LogP contribution in [0.4, 0.5) is 4.79 Å². The molecule has 1 saturated heterocycles. The molecule has 0 radical (unpaired) electrons. The van der Waals surface area contributed by atoms with Crippen LogP contribution >= 0.6 is 0 Å². The number of alkyl carbamates (subject to hydrolysis) is 1. The summed E-state index contributed by atoms with van der Waals surface area (Å²) in [5.74, 6) is 0.602. The second kappa shape index (κ2) is 9.30. The summed E-state index contributed by atoms with van der Waals surface area (Å²) in [6, 6.07) is 15.9. The average molecular weight is 449 g/mol. The summed E-state index contributed by atoms with van der Waals surface area (Å²) in [4.78, 5) is 26.5. The lowest BCUT2D eigenvalue weighted by Gasteiger charge is -2.39. The lowest BCUT2D eigenvalue weighted by molar-refractivity contribution is -0.134. The van der Waals surface area contributed by atoms with E-state index in [-0.39, 0.29) is 17.9 Å². The summed E-state index contributed by atoms with van der Waals surface area (Å²) in [6.07, 6.45) is 5.91. The van der Waals surface area contributed by atoms with Crippen LogP contribution in [0.5, 0.6) is 5.75 Å². The number of carbonyl (C=O) groups is 2. The van der Waals surface area contributed by atoms with Crippen LogP contribution in [0.2, 0.25) is 0 Å². The van der Waals surface area contributed by atoms with Crippen LogP contribution in [0.3, 0.4) is 0 Å². The first kappa shape index (κ1) is 22.9. The maximum atomic E-state index is 12.8. The van der Waals surface area contributed by atoms with Gasteiger partial charge in [-0.15, -0.1) is 0 Å². The van der Waals surface area contributed by atoms with E-state index in [0.717, 1.165) is 31.5 Å². The minimum atomic E-state index is -0.541. The normalized spacial score (nSPS) is 16.4. The summed E-state index contributed by atoms with van der Waals surface area (Å²) in [7, 11) is 0. The molecule has 1 aliphatic heterocycles. The lowest BCUT2D eigenvalue weighted by Crippen LogP contribution is -2.45. The fourth-order valence-electron chi connectivity index (χ4n) is 4.50. The smallest absolute Gasteiger partial charge is 0.407 e. The summed E-state index contributed by atoms with van der Waals surface area (Å²) < 4.78 is 11.0. The van der Waals surface area contributed by atoms with Gasteiger partial charge in [-0.1, -0.05) is 48.6 Å². The molecule has 1 spiro atoms. The van der Waals surface area contributed by atoms with Gasteiger partial charge in [0, 0.05) is 25.0 Å². The van der Waals surface area contributed by atoms with Crippen LogP contribution in [0.1, 0.15) is 50.3 Å². The highest BCUT2D eigenvalue weighted by atomic mass is 16.6. The van der Waals surface area contributed by atoms with Crippen LogP contribution in [-0.2, 0) is 21.5 Å². The SMILES string of the molecule is CC(C)(C)OC(=O)NCc1cccc(OCC(=O)N2CCC3(C=Cc4ccccc43)CC2)c1. The van der Waals surface area contributed by atoms with E-state index in [4.69, 9.17) is 9.47 Å². The topological polar surface area (TPSA) is 67.9 Å². The number of rotatable bonds is 5. The second-order valence-corrected chi connectivity index (χ2v) is 9.75. The van der Waals surface area contributed by atoms with E-state index in [9.17, 15) is 9.59 Å². The third kappa shape index (κ3) is 5.56. The maximum absolute atomic E-state index is 12.8. The Hall–Kier alpha value is -3.28. The molecule has 174 valence electrons. The van der Waals surface area contributed by atoms with Crippen molar-refractivity contribution in [2.75, 3.05) is 19.7 Å². The van der Waals surface area contributed by atoms with Gasteiger partial charge in [0.05, 0.1) is 0 Å². The lowest BCUT2D eigenvalue weighted by atomic mass is 9.74. The van der Waals surface area contributed by atoms with Gasteiger partial charge in [0.15, 0.2) is 6.61 Å². The zero-order valence-corrected chi connectivity index (χ0v) is 19.6. The van der Waals surface area contributed by atoms with Gasteiger partial charge < -0.3 is 19.7 Å². The zero-order valence-electron chi connectivity index (χ0n) is 19.6. The van der Waals surface area contributed by atoms with E-state index in [1.165, 1.54) is 11.1 Å². The highest BCUT2D eigenvalue weighted by molar-refractivity contribution is 5.78. The van der Waals surface area contributed by atoms with E-state index >= 15 is 0 Å². The van der Waals surface area contributed by atoms with Gasteiger partial charge in [0.25, 0.3) is 5.91 Å². The molecule has 33 heavy (non-hydrogen) atoms. The number of allylic oxidation sites excluding steroid dienone is 1. The largest absolute Gasteiger partial charge is 0.484 e. The molecule has 0 atom stereocenters. The second-order valence-electron chi connectivity index (χ2n) is 9.75. The molecule has 0 aromatic heterocycles. The number of ether oxygens (including phenoxy) is 2. The van der Waals surface area contributed by atoms with Crippen molar-refractivity contribution < 1.29 is 19.1 Å². The molecular weight excluding hydrogens is 416 g/mol. The molecule has 2 aromatic carbocycles. The summed E-state index contributed by atoms with van der Waals surface area (Å²) in [5, 5.41) is 2.73. The van der Waals surface area contributed by atoms with Crippen molar-refractivity contribution in [3.63, 3.8) is 0 Å². The monoisotopic (exact) mass is 448 g/mol. The Balaban J connectivity index is 1.26. The molecule has 1 fully saturated rings. The molecule has 4 rings (SSSR count). The molecular formula is C27H32N2O4. The maximum Gasteiger partial charge on any atom is 0.407 e. The predicted molar refractivity (Wildman–Crippen MR) is 128 cm³/mol. The third-order valence-electron chi connectivity index (χ3n) is 6.18. The van der Waals surface area contributed by atoms with Crippen LogP contribution in [-0.4, -0.2) is 42.2 Å². The number of nitrogens with one attached hydrogen (secondary N) is 1. The molecule has 6 heteroatoms. The molecule has 0 saturated carbocycles. The van der Waals surface area contributed by atoms with Crippen LogP contribution < -0.4 is 10.1 Å². The van der Waals surface area contributed by atoms with Crippen molar-refractivity contribution >= 4 is 18.1 Å². The van der Waals surface area contributed by atoms with Crippen molar-refractivity contribution in [2.45, 2.75) is 51.2 Å². The molecule has 1 heterocycles. The summed E-state index contributed by atoms with van der Waals surface area (Å²) in [5.41, 5.74) is 3.06. The highest BCUT2D eigenvalue weighted by Crippen LogP contribution is 2.43. The van der Waals surface area contributed by atoms with Gasteiger partial charge in [-0.2, -0.15) is 0 Å². The molecule has 2 aliphatic rings.